The van der Waals surface area contributed by atoms with Gasteiger partial charge in [-0.3, -0.25) is 0 Å². The number of hydrogen-bond donors (Lipinski definition) is 2. The molecule has 0 aromatic heterocycles. The van der Waals surface area contributed by atoms with Gasteiger partial charge in [-0.15, -0.1) is 0 Å². The fourth-order valence-electron chi connectivity index (χ4n) is 0.105. The number of rotatable bonds is 2. The Labute approximate surface area is 41.6 Å². The fourth-order valence-corrected chi connectivity index (χ4v) is 0.316. The third kappa shape index (κ3) is 4.11. The average Bonchev–Trinajstić information content (AvgIpc) is 1.35. The summed E-state index contributed by atoms with van der Waals surface area (Å²) in [6, 6.07) is 0.323. The van der Waals surface area contributed by atoms with Crippen molar-refractivity contribution in [1.82, 2.24) is 4.72 Å². The Balaban J connectivity index is 2.81. The summed E-state index contributed by atoms with van der Waals surface area (Å²) < 4.78 is 12.2. The van der Waals surface area contributed by atoms with Gasteiger partial charge in [0.2, 0.25) is 0 Å². The second-order valence-corrected chi connectivity index (χ2v) is 1.82. The summed E-state index contributed by atoms with van der Waals surface area (Å²) in [6.07, 6.45) is 0. The van der Waals surface area contributed by atoms with Crippen LogP contribution in [0.25, 0.3) is 0 Å². The molecule has 38 valence electrons. The summed E-state index contributed by atoms with van der Waals surface area (Å²) in [4.78, 5) is 0. The molecule has 0 aliphatic carbocycles. The summed E-state index contributed by atoms with van der Waals surface area (Å²) in [6.45, 7) is 3.87. The van der Waals surface area contributed by atoms with E-state index in [1.807, 2.05) is 13.8 Å². The molecular formula is C3H9NOS. The predicted molar refractivity (Wildman–Crippen MR) is 27.8 cm³/mol. The normalized spacial score (nSPS) is 9.83. The Morgan fingerprint density at radius 3 is 2.17 bits per heavy atom. The van der Waals surface area contributed by atoms with Crippen molar-refractivity contribution in [3.8, 4) is 0 Å². The van der Waals surface area contributed by atoms with Crippen LogP contribution in [0.5, 0.6) is 0 Å². The van der Waals surface area contributed by atoms with E-state index in [1.165, 1.54) is 0 Å². The first-order valence-corrected chi connectivity index (χ1v) is 2.66. The third-order valence-electron chi connectivity index (χ3n) is 0.311. The molecule has 0 spiro atoms. The van der Waals surface area contributed by atoms with Crippen molar-refractivity contribution < 1.29 is 4.21 Å². The first-order valence-electron chi connectivity index (χ1n) is 1.85. The van der Waals surface area contributed by atoms with E-state index in [2.05, 4.69) is 4.72 Å². The Hall–Kier alpha value is 0.110. The monoisotopic (exact) mass is 107 g/mol. The topological polar surface area (TPSA) is 29.1 Å². The van der Waals surface area contributed by atoms with Gasteiger partial charge in [-0.2, -0.15) is 0 Å². The average molecular weight is 107 g/mol. The molecule has 0 amide bonds. The Morgan fingerprint density at radius 1 is 1.67 bits per heavy atom. The van der Waals surface area contributed by atoms with Crippen molar-refractivity contribution in [3.63, 3.8) is 0 Å². The van der Waals surface area contributed by atoms with Gasteiger partial charge < -0.3 is 0 Å². The highest BCUT2D eigenvalue weighted by atomic mass is 32.2. The molecule has 0 aliphatic heterocycles. The van der Waals surface area contributed by atoms with Crippen LogP contribution in [-0.2, 0) is 11.9 Å². The maximum Gasteiger partial charge on any atom is 0.0783 e. The summed E-state index contributed by atoms with van der Waals surface area (Å²) >= 11 is 0.0239. The largest absolute Gasteiger partial charge is 0.246 e. The van der Waals surface area contributed by atoms with E-state index in [1.54, 1.807) is 0 Å². The van der Waals surface area contributed by atoms with Crippen molar-refractivity contribution in [2.24, 2.45) is 0 Å². The molecule has 0 fully saturated rings. The van der Waals surface area contributed by atoms with Crippen LogP contribution in [-0.4, -0.2) is 10.3 Å². The van der Waals surface area contributed by atoms with Crippen LogP contribution in [0.4, 0.5) is 0 Å². The first kappa shape index (κ1) is 6.11. The van der Waals surface area contributed by atoms with Crippen LogP contribution in [0, 0.1) is 0 Å². The molecule has 0 bridgehead atoms. The number of thiol groups is 1. The lowest BCUT2D eigenvalue weighted by molar-refractivity contribution is 0.669. The smallest absolute Gasteiger partial charge is 0.0783 e. The molecule has 1 N–H and O–H groups in total. The highest BCUT2D eigenvalue weighted by molar-refractivity contribution is 7.63. The minimum absolute atomic E-state index is 0.0239. The quantitative estimate of drug-likeness (QED) is 0.472. The molecule has 0 rings (SSSR count). The number of nitrogens with one attached hydrogen (secondary N) is 1. The van der Waals surface area contributed by atoms with E-state index < -0.39 is 0 Å². The highest BCUT2D eigenvalue weighted by Gasteiger charge is 1.81. The van der Waals surface area contributed by atoms with E-state index in [4.69, 9.17) is 0 Å². The van der Waals surface area contributed by atoms with Gasteiger partial charge in [0.05, 0.1) is 11.9 Å². The molecule has 0 atom stereocenters. The summed E-state index contributed by atoms with van der Waals surface area (Å²) in [5.74, 6) is 0. The van der Waals surface area contributed by atoms with Crippen LogP contribution >= 0.6 is 0 Å². The zero-order valence-corrected chi connectivity index (χ0v) is 4.83. The van der Waals surface area contributed by atoms with Gasteiger partial charge in [0.15, 0.2) is 0 Å². The van der Waals surface area contributed by atoms with Gasteiger partial charge in [0.25, 0.3) is 0 Å². The zero-order chi connectivity index (χ0) is 4.99. The third-order valence-corrected chi connectivity index (χ3v) is 0.933. The fraction of sp³-hybridized carbons (Fsp3) is 1.00. The van der Waals surface area contributed by atoms with Crippen molar-refractivity contribution in [3.05, 3.63) is 0 Å². The van der Waals surface area contributed by atoms with Crippen LogP contribution in [0.15, 0.2) is 0 Å². The van der Waals surface area contributed by atoms with Crippen molar-refractivity contribution in [2.45, 2.75) is 19.9 Å². The predicted octanol–water partition coefficient (Wildman–Crippen LogP) is -0.155. The summed E-state index contributed by atoms with van der Waals surface area (Å²) in [5.41, 5.74) is 0. The van der Waals surface area contributed by atoms with Gasteiger partial charge in [-0.1, -0.05) is 0 Å². The molecule has 0 saturated carbocycles. The maximum atomic E-state index is 9.60. The minimum atomic E-state index is 0.0239. The second kappa shape index (κ2) is 3.31. The van der Waals surface area contributed by atoms with Gasteiger partial charge in [-0.25, -0.2) is 8.93 Å². The molecule has 0 radical (unpaired) electrons. The molecular weight excluding hydrogens is 98.1 g/mol. The molecule has 0 aromatic rings. The molecule has 0 aromatic carbocycles. The Morgan fingerprint density at radius 2 is 2.17 bits per heavy atom. The van der Waals surface area contributed by atoms with Crippen molar-refractivity contribution in [2.75, 3.05) is 0 Å². The molecule has 0 aliphatic rings. The number of hydrogen-bond acceptors (Lipinski definition) is 1. The van der Waals surface area contributed by atoms with Crippen LogP contribution in [0.2, 0.25) is 0 Å². The van der Waals surface area contributed by atoms with E-state index in [0.717, 1.165) is 0 Å². The molecule has 2 nitrogen and oxygen atoms in total. The molecule has 0 unspecified atom stereocenters. The maximum absolute atomic E-state index is 9.60. The molecule has 6 heavy (non-hydrogen) atoms. The summed E-state index contributed by atoms with van der Waals surface area (Å²) in [5, 5.41) is 0. The van der Waals surface area contributed by atoms with E-state index in [9.17, 15) is 4.21 Å². The second-order valence-electron chi connectivity index (χ2n) is 1.38. The van der Waals surface area contributed by atoms with E-state index in [0.29, 0.717) is 6.04 Å². The zero-order valence-electron chi connectivity index (χ0n) is 3.93. The lowest BCUT2D eigenvalue weighted by atomic mass is 10.4. The van der Waals surface area contributed by atoms with Gasteiger partial charge >= 0.3 is 0 Å². The van der Waals surface area contributed by atoms with Crippen molar-refractivity contribution >= 4 is 11.9 Å². The lowest BCUT2D eigenvalue weighted by Gasteiger charge is -1.94. The van der Waals surface area contributed by atoms with Crippen molar-refractivity contribution in [1.29, 1.82) is 0 Å². The molecule has 3 heteroatoms. The van der Waals surface area contributed by atoms with E-state index in [-0.39, 0.29) is 11.9 Å². The standard InChI is InChI=1S/C3H9NOS/c1-3(2)4-6-5/h3,6H,1-2H3,(H,4,5). The lowest BCUT2D eigenvalue weighted by Crippen LogP contribution is -2.16. The first-order chi connectivity index (χ1) is 2.77. The molecule has 0 saturated heterocycles. The Kier molecular flexibility index (Phi) is 3.37. The minimum Gasteiger partial charge on any atom is -0.246 e. The SMILES string of the molecule is CC(C)N[SH]=O. The Bertz CT molecular complexity index is 46.1. The highest BCUT2D eigenvalue weighted by Crippen LogP contribution is 1.69. The van der Waals surface area contributed by atoms with Crippen LogP contribution in [0.3, 0.4) is 0 Å². The summed E-state index contributed by atoms with van der Waals surface area (Å²) in [7, 11) is 0. The van der Waals surface area contributed by atoms with Gasteiger partial charge in [0.1, 0.15) is 0 Å². The van der Waals surface area contributed by atoms with Gasteiger partial charge in [-0.05, 0) is 13.8 Å². The molecule has 0 heterocycles. The van der Waals surface area contributed by atoms with Crippen LogP contribution < -0.4 is 4.72 Å². The van der Waals surface area contributed by atoms with E-state index >= 15 is 0 Å². The van der Waals surface area contributed by atoms with Crippen LogP contribution in [0.1, 0.15) is 13.8 Å². The van der Waals surface area contributed by atoms with Gasteiger partial charge in [0, 0.05) is 6.04 Å².